The Hall–Kier alpha value is -1.06. The number of nitrogens with zero attached hydrogens (tertiary/aromatic N) is 1. The highest BCUT2D eigenvalue weighted by Crippen LogP contribution is 2.21. The number of carbonyl (C=O) groups is 2. The SMILES string of the molecule is CC[C@@H]1CCCN(C(=O)[C@H]2CCCCC(=O)N2)C1. The molecule has 0 aliphatic carbocycles. The smallest absolute Gasteiger partial charge is 0.245 e. The van der Waals surface area contributed by atoms with Gasteiger partial charge in [0.15, 0.2) is 0 Å². The number of amides is 2. The third kappa shape index (κ3) is 3.24. The number of piperidine rings is 1. The average molecular weight is 252 g/mol. The molecule has 0 saturated carbocycles. The van der Waals surface area contributed by atoms with E-state index in [1.54, 1.807) is 0 Å². The Labute approximate surface area is 109 Å². The van der Waals surface area contributed by atoms with E-state index in [4.69, 9.17) is 0 Å². The summed E-state index contributed by atoms with van der Waals surface area (Å²) in [7, 11) is 0. The molecule has 0 spiro atoms. The maximum absolute atomic E-state index is 12.4. The summed E-state index contributed by atoms with van der Waals surface area (Å²) in [6.45, 7) is 3.93. The first-order valence-corrected chi connectivity index (χ1v) is 7.29. The van der Waals surface area contributed by atoms with Crippen LogP contribution >= 0.6 is 0 Å². The molecule has 2 aliphatic heterocycles. The van der Waals surface area contributed by atoms with E-state index in [9.17, 15) is 9.59 Å². The fraction of sp³-hybridized carbons (Fsp3) is 0.857. The van der Waals surface area contributed by atoms with Crippen LogP contribution in [0.5, 0.6) is 0 Å². The van der Waals surface area contributed by atoms with E-state index in [1.165, 1.54) is 6.42 Å². The van der Waals surface area contributed by atoms with Crippen LogP contribution in [0.1, 0.15) is 51.9 Å². The molecular weight excluding hydrogens is 228 g/mol. The maximum atomic E-state index is 12.4. The molecule has 0 bridgehead atoms. The largest absolute Gasteiger partial charge is 0.344 e. The van der Waals surface area contributed by atoms with Crippen LogP contribution in [0.3, 0.4) is 0 Å². The summed E-state index contributed by atoms with van der Waals surface area (Å²) < 4.78 is 0. The third-order valence-electron chi connectivity index (χ3n) is 4.19. The van der Waals surface area contributed by atoms with Gasteiger partial charge in [-0.05, 0) is 31.6 Å². The van der Waals surface area contributed by atoms with E-state index in [1.807, 2.05) is 4.90 Å². The normalized spacial score (nSPS) is 29.6. The Morgan fingerprint density at radius 3 is 2.94 bits per heavy atom. The molecule has 2 rings (SSSR count). The quantitative estimate of drug-likeness (QED) is 0.813. The zero-order valence-corrected chi connectivity index (χ0v) is 11.3. The number of likely N-dealkylation sites (tertiary alicyclic amines) is 1. The summed E-state index contributed by atoms with van der Waals surface area (Å²) >= 11 is 0. The van der Waals surface area contributed by atoms with Gasteiger partial charge in [0, 0.05) is 19.5 Å². The highest BCUT2D eigenvalue weighted by atomic mass is 16.2. The molecule has 2 aliphatic rings. The van der Waals surface area contributed by atoms with Crippen molar-refractivity contribution in [1.29, 1.82) is 0 Å². The molecular formula is C14H24N2O2. The van der Waals surface area contributed by atoms with Gasteiger partial charge >= 0.3 is 0 Å². The molecule has 1 N–H and O–H groups in total. The maximum Gasteiger partial charge on any atom is 0.245 e. The van der Waals surface area contributed by atoms with Crippen molar-refractivity contribution >= 4 is 11.8 Å². The summed E-state index contributed by atoms with van der Waals surface area (Å²) in [5, 5.41) is 2.88. The van der Waals surface area contributed by atoms with Gasteiger partial charge in [-0.25, -0.2) is 0 Å². The van der Waals surface area contributed by atoms with Crippen molar-refractivity contribution in [3.05, 3.63) is 0 Å². The molecule has 0 unspecified atom stereocenters. The Morgan fingerprint density at radius 2 is 2.17 bits per heavy atom. The Bertz CT molecular complexity index is 317. The molecule has 2 fully saturated rings. The van der Waals surface area contributed by atoms with Crippen molar-refractivity contribution in [3.8, 4) is 0 Å². The van der Waals surface area contributed by atoms with Crippen molar-refractivity contribution < 1.29 is 9.59 Å². The van der Waals surface area contributed by atoms with E-state index in [-0.39, 0.29) is 17.9 Å². The van der Waals surface area contributed by atoms with E-state index in [0.717, 1.165) is 45.2 Å². The highest BCUT2D eigenvalue weighted by Gasteiger charge is 2.30. The van der Waals surface area contributed by atoms with Crippen molar-refractivity contribution in [1.82, 2.24) is 10.2 Å². The van der Waals surface area contributed by atoms with Gasteiger partial charge in [-0.1, -0.05) is 19.8 Å². The second kappa shape index (κ2) is 6.21. The van der Waals surface area contributed by atoms with Gasteiger partial charge in [0.05, 0.1) is 0 Å². The predicted molar refractivity (Wildman–Crippen MR) is 70.0 cm³/mol. The minimum Gasteiger partial charge on any atom is -0.344 e. The second-order valence-corrected chi connectivity index (χ2v) is 5.57. The summed E-state index contributed by atoms with van der Waals surface area (Å²) in [6, 6.07) is -0.268. The minimum atomic E-state index is -0.268. The van der Waals surface area contributed by atoms with Gasteiger partial charge in [0.2, 0.25) is 11.8 Å². The van der Waals surface area contributed by atoms with Gasteiger partial charge < -0.3 is 10.2 Å². The Kier molecular flexibility index (Phi) is 4.61. The van der Waals surface area contributed by atoms with Crippen molar-refractivity contribution in [3.63, 3.8) is 0 Å². The van der Waals surface area contributed by atoms with Crippen LogP contribution in [0.15, 0.2) is 0 Å². The molecule has 4 nitrogen and oxygen atoms in total. The fourth-order valence-electron chi connectivity index (χ4n) is 2.98. The molecule has 2 amide bonds. The van der Waals surface area contributed by atoms with Gasteiger partial charge in [-0.15, -0.1) is 0 Å². The standard InChI is InChI=1S/C14H24N2O2/c1-2-11-6-5-9-16(10-11)14(18)12-7-3-4-8-13(17)15-12/h11-12H,2-10H2,1H3,(H,15,17)/t11-,12-/m1/s1. The summed E-state index contributed by atoms with van der Waals surface area (Å²) in [5.74, 6) is 0.822. The van der Waals surface area contributed by atoms with Crippen LogP contribution in [-0.2, 0) is 9.59 Å². The number of nitrogens with one attached hydrogen (secondary N) is 1. The molecule has 2 heterocycles. The highest BCUT2D eigenvalue weighted by molar-refractivity contribution is 5.88. The summed E-state index contributed by atoms with van der Waals surface area (Å²) in [5.41, 5.74) is 0. The van der Waals surface area contributed by atoms with E-state index < -0.39 is 0 Å². The molecule has 18 heavy (non-hydrogen) atoms. The zero-order valence-electron chi connectivity index (χ0n) is 11.3. The molecule has 2 saturated heterocycles. The average Bonchev–Trinajstić information content (AvgIpc) is 2.62. The van der Waals surface area contributed by atoms with Crippen LogP contribution in [-0.4, -0.2) is 35.8 Å². The lowest BCUT2D eigenvalue weighted by Crippen LogP contribution is -2.50. The first kappa shape index (κ1) is 13.4. The van der Waals surface area contributed by atoms with Crippen molar-refractivity contribution in [2.24, 2.45) is 5.92 Å². The molecule has 4 heteroatoms. The molecule has 0 aromatic carbocycles. The molecule has 102 valence electrons. The first-order chi connectivity index (χ1) is 8.70. The van der Waals surface area contributed by atoms with E-state index in [0.29, 0.717) is 12.3 Å². The van der Waals surface area contributed by atoms with Gasteiger partial charge in [-0.2, -0.15) is 0 Å². The van der Waals surface area contributed by atoms with Crippen molar-refractivity contribution in [2.75, 3.05) is 13.1 Å². The Morgan fingerprint density at radius 1 is 1.33 bits per heavy atom. The number of rotatable bonds is 2. The lowest BCUT2D eigenvalue weighted by molar-refractivity contribution is -0.137. The van der Waals surface area contributed by atoms with Crippen LogP contribution in [0.4, 0.5) is 0 Å². The molecule has 0 radical (unpaired) electrons. The van der Waals surface area contributed by atoms with E-state index >= 15 is 0 Å². The summed E-state index contributed by atoms with van der Waals surface area (Å²) in [6.07, 6.45) is 6.73. The fourth-order valence-corrected chi connectivity index (χ4v) is 2.98. The lowest BCUT2D eigenvalue weighted by Gasteiger charge is -2.34. The first-order valence-electron chi connectivity index (χ1n) is 7.29. The zero-order chi connectivity index (χ0) is 13.0. The number of hydrogen-bond acceptors (Lipinski definition) is 2. The summed E-state index contributed by atoms with van der Waals surface area (Å²) in [4.78, 5) is 25.9. The van der Waals surface area contributed by atoms with Crippen LogP contribution in [0, 0.1) is 5.92 Å². The van der Waals surface area contributed by atoms with Gasteiger partial charge in [0.1, 0.15) is 6.04 Å². The second-order valence-electron chi connectivity index (χ2n) is 5.57. The molecule has 0 aromatic heterocycles. The van der Waals surface area contributed by atoms with Crippen LogP contribution in [0.25, 0.3) is 0 Å². The lowest BCUT2D eigenvalue weighted by atomic mass is 9.95. The van der Waals surface area contributed by atoms with Crippen LogP contribution in [0.2, 0.25) is 0 Å². The molecule has 0 aromatic rings. The number of carbonyl (C=O) groups excluding carboxylic acids is 2. The minimum absolute atomic E-state index is 0.0369. The van der Waals surface area contributed by atoms with Gasteiger partial charge in [-0.3, -0.25) is 9.59 Å². The monoisotopic (exact) mass is 252 g/mol. The van der Waals surface area contributed by atoms with Gasteiger partial charge in [0.25, 0.3) is 0 Å². The van der Waals surface area contributed by atoms with Crippen molar-refractivity contribution in [2.45, 2.75) is 57.9 Å². The van der Waals surface area contributed by atoms with Crippen LogP contribution < -0.4 is 5.32 Å². The third-order valence-corrected chi connectivity index (χ3v) is 4.19. The topological polar surface area (TPSA) is 49.4 Å². The predicted octanol–water partition coefficient (Wildman–Crippen LogP) is 1.69. The number of hydrogen-bond donors (Lipinski definition) is 1. The van der Waals surface area contributed by atoms with E-state index in [2.05, 4.69) is 12.2 Å². The molecule has 2 atom stereocenters. The Balaban J connectivity index is 1.94.